The SMILES string of the molecule is O=C(NCc1ncccc1F)c1coc(-c2cc(CCc3nc4ccccc4[nH]3)c3cc4ccccc4nc3c2)n1. The number of nitrogens with zero attached hydrogens (tertiary/aromatic N) is 4. The van der Waals surface area contributed by atoms with Crippen molar-refractivity contribution in [3.05, 3.63) is 120 Å². The molecule has 2 N–H and O–H groups in total. The first-order valence-corrected chi connectivity index (χ1v) is 13.2. The minimum absolute atomic E-state index is 0.0629. The molecule has 0 aliphatic heterocycles. The van der Waals surface area contributed by atoms with Gasteiger partial charge < -0.3 is 14.7 Å². The summed E-state index contributed by atoms with van der Waals surface area (Å²) in [6.07, 6.45) is 4.17. The van der Waals surface area contributed by atoms with Gasteiger partial charge in [0.2, 0.25) is 5.89 Å². The molecule has 41 heavy (non-hydrogen) atoms. The fourth-order valence-corrected chi connectivity index (χ4v) is 4.97. The van der Waals surface area contributed by atoms with Crippen LogP contribution in [0.3, 0.4) is 0 Å². The summed E-state index contributed by atoms with van der Waals surface area (Å²) < 4.78 is 19.6. The quantitative estimate of drug-likeness (QED) is 0.233. The molecule has 0 atom stereocenters. The van der Waals surface area contributed by atoms with Gasteiger partial charge in [-0.3, -0.25) is 9.78 Å². The Morgan fingerprint density at radius 3 is 2.61 bits per heavy atom. The van der Waals surface area contributed by atoms with E-state index in [2.05, 4.69) is 32.4 Å². The number of carbonyl (C=O) groups is 1. The number of aromatic amines is 1. The number of hydrogen-bond acceptors (Lipinski definition) is 6. The van der Waals surface area contributed by atoms with Crippen molar-refractivity contribution in [3.63, 3.8) is 0 Å². The molecule has 0 aliphatic carbocycles. The third-order valence-corrected chi connectivity index (χ3v) is 7.03. The highest BCUT2D eigenvalue weighted by atomic mass is 19.1. The van der Waals surface area contributed by atoms with Gasteiger partial charge in [-0.1, -0.05) is 30.3 Å². The van der Waals surface area contributed by atoms with E-state index in [0.717, 1.165) is 44.2 Å². The zero-order valence-electron chi connectivity index (χ0n) is 21.8. The van der Waals surface area contributed by atoms with Gasteiger partial charge in [-0.05, 0) is 60.5 Å². The number of amides is 1. The number of aryl methyl sites for hydroxylation is 2. The van der Waals surface area contributed by atoms with E-state index < -0.39 is 11.7 Å². The Hall–Kier alpha value is -5.44. The van der Waals surface area contributed by atoms with Crippen LogP contribution in [0.4, 0.5) is 4.39 Å². The average molecular weight is 543 g/mol. The highest BCUT2D eigenvalue weighted by Crippen LogP contribution is 2.30. The van der Waals surface area contributed by atoms with Crippen LogP contribution in [-0.4, -0.2) is 30.8 Å². The van der Waals surface area contributed by atoms with E-state index in [0.29, 0.717) is 24.3 Å². The lowest BCUT2D eigenvalue weighted by molar-refractivity contribution is 0.0945. The molecule has 3 aromatic carbocycles. The van der Waals surface area contributed by atoms with E-state index in [1.165, 1.54) is 24.6 Å². The second-order valence-electron chi connectivity index (χ2n) is 9.74. The number of oxazole rings is 1. The Balaban J connectivity index is 1.21. The molecule has 4 heterocycles. The molecular formula is C32H23FN6O2. The molecule has 4 aromatic heterocycles. The minimum Gasteiger partial charge on any atom is -0.444 e. The molecule has 0 saturated heterocycles. The highest BCUT2D eigenvalue weighted by molar-refractivity contribution is 5.96. The summed E-state index contributed by atoms with van der Waals surface area (Å²) in [6.45, 7) is -0.0629. The van der Waals surface area contributed by atoms with Gasteiger partial charge in [0.25, 0.3) is 5.91 Å². The van der Waals surface area contributed by atoms with Crippen molar-refractivity contribution < 1.29 is 13.6 Å². The third kappa shape index (κ3) is 4.89. The molecule has 0 radical (unpaired) electrons. The predicted octanol–water partition coefficient (Wildman–Crippen LogP) is 6.17. The van der Waals surface area contributed by atoms with E-state index in [1.54, 1.807) is 0 Å². The Kier molecular flexibility index (Phi) is 6.16. The largest absolute Gasteiger partial charge is 0.444 e. The van der Waals surface area contributed by atoms with Crippen molar-refractivity contribution in [2.75, 3.05) is 0 Å². The number of aromatic nitrogens is 5. The first-order chi connectivity index (χ1) is 20.1. The molecule has 1 amide bonds. The van der Waals surface area contributed by atoms with E-state index in [9.17, 15) is 9.18 Å². The molecule has 9 heteroatoms. The zero-order valence-corrected chi connectivity index (χ0v) is 21.8. The van der Waals surface area contributed by atoms with Crippen LogP contribution in [0.25, 0.3) is 44.3 Å². The Bertz CT molecular complexity index is 2030. The molecule has 0 fully saturated rings. The number of H-pyrrole nitrogens is 1. The summed E-state index contributed by atoms with van der Waals surface area (Å²) >= 11 is 0. The maximum absolute atomic E-state index is 13.9. The third-order valence-electron chi connectivity index (χ3n) is 7.03. The van der Waals surface area contributed by atoms with Gasteiger partial charge in [0, 0.05) is 29.0 Å². The van der Waals surface area contributed by atoms with Crippen LogP contribution in [-0.2, 0) is 19.4 Å². The summed E-state index contributed by atoms with van der Waals surface area (Å²) in [5.41, 5.74) is 5.62. The van der Waals surface area contributed by atoms with Crippen LogP contribution in [0.1, 0.15) is 27.6 Å². The summed E-state index contributed by atoms with van der Waals surface area (Å²) in [4.78, 5) is 34.2. The lowest BCUT2D eigenvalue weighted by Gasteiger charge is -2.10. The van der Waals surface area contributed by atoms with Gasteiger partial charge in [0.05, 0.1) is 34.3 Å². The van der Waals surface area contributed by atoms with Crippen molar-refractivity contribution in [2.24, 2.45) is 0 Å². The van der Waals surface area contributed by atoms with Gasteiger partial charge in [0.1, 0.15) is 17.9 Å². The number of carbonyl (C=O) groups excluding carboxylic acids is 1. The number of imidazole rings is 1. The first-order valence-electron chi connectivity index (χ1n) is 13.2. The van der Waals surface area contributed by atoms with Crippen LogP contribution in [0.15, 0.2) is 95.7 Å². The molecule has 0 saturated carbocycles. The number of halogens is 1. The molecule has 200 valence electrons. The Morgan fingerprint density at radius 2 is 1.73 bits per heavy atom. The molecule has 0 spiro atoms. The summed E-state index contributed by atoms with van der Waals surface area (Å²) in [5.74, 6) is 0.221. The predicted molar refractivity (Wildman–Crippen MR) is 154 cm³/mol. The monoisotopic (exact) mass is 542 g/mol. The maximum atomic E-state index is 13.9. The highest BCUT2D eigenvalue weighted by Gasteiger charge is 2.17. The minimum atomic E-state index is -0.486. The van der Waals surface area contributed by atoms with Crippen molar-refractivity contribution in [1.82, 2.24) is 30.2 Å². The smallest absolute Gasteiger partial charge is 0.273 e. The van der Waals surface area contributed by atoms with Crippen molar-refractivity contribution in [3.8, 4) is 11.5 Å². The van der Waals surface area contributed by atoms with E-state index in [-0.39, 0.29) is 17.9 Å². The number of nitrogens with one attached hydrogen (secondary N) is 2. The first kappa shape index (κ1) is 24.6. The summed E-state index contributed by atoms with van der Waals surface area (Å²) in [5, 5.41) is 4.73. The van der Waals surface area contributed by atoms with Gasteiger partial charge in [-0.2, -0.15) is 0 Å². The lowest BCUT2D eigenvalue weighted by atomic mass is 9.98. The fraction of sp³-hybridized carbons (Fsp3) is 0.0938. The molecule has 0 bridgehead atoms. The molecular weight excluding hydrogens is 519 g/mol. The standard InChI is InChI=1S/C32H23FN6O2/c33-23-7-5-13-34-28(23)17-35-31(40)29-18-41-32(39-29)21-14-19(11-12-30-37-25-9-3-4-10-26(25)38-30)22-15-20-6-1-2-8-24(20)36-27(22)16-21/h1-10,13-16,18H,11-12,17H2,(H,35,40)(H,37,38). The van der Waals surface area contributed by atoms with Gasteiger partial charge in [0.15, 0.2) is 5.69 Å². The van der Waals surface area contributed by atoms with E-state index in [1.807, 2.05) is 54.6 Å². The fourth-order valence-electron chi connectivity index (χ4n) is 4.97. The summed E-state index contributed by atoms with van der Waals surface area (Å²) in [7, 11) is 0. The van der Waals surface area contributed by atoms with Crippen LogP contribution >= 0.6 is 0 Å². The van der Waals surface area contributed by atoms with Crippen LogP contribution in [0.5, 0.6) is 0 Å². The number of rotatable bonds is 7. The average Bonchev–Trinajstić information content (AvgIpc) is 3.66. The van der Waals surface area contributed by atoms with Crippen LogP contribution < -0.4 is 5.32 Å². The van der Waals surface area contributed by atoms with Crippen molar-refractivity contribution in [2.45, 2.75) is 19.4 Å². The van der Waals surface area contributed by atoms with Crippen molar-refractivity contribution in [1.29, 1.82) is 0 Å². The molecule has 8 nitrogen and oxygen atoms in total. The van der Waals surface area contributed by atoms with Crippen molar-refractivity contribution >= 4 is 38.7 Å². The van der Waals surface area contributed by atoms with Crippen LogP contribution in [0, 0.1) is 5.82 Å². The van der Waals surface area contributed by atoms with Crippen LogP contribution in [0.2, 0.25) is 0 Å². The number of para-hydroxylation sites is 3. The van der Waals surface area contributed by atoms with Gasteiger partial charge in [-0.15, -0.1) is 0 Å². The maximum Gasteiger partial charge on any atom is 0.273 e. The second-order valence-corrected chi connectivity index (χ2v) is 9.74. The lowest BCUT2D eigenvalue weighted by Crippen LogP contribution is -2.24. The molecule has 7 rings (SSSR count). The van der Waals surface area contributed by atoms with E-state index >= 15 is 0 Å². The molecule has 7 aromatic rings. The number of hydrogen-bond donors (Lipinski definition) is 2. The zero-order chi connectivity index (χ0) is 27.8. The van der Waals surface area contributed by atoms with E-state index in [4.69, 9.17) is 14.4 Å². The topological polar surface area (TPSA) is 110 Å². The molecule has 0 unspecified atom stereocenters. The Morgan fingerprint density at radius 1 is 0.878 bits per heavy atom. The second kappa shape index (κ2) is 10.3. The number of benzene rings is 3. The van der Waals surface area contributed by atoms with Gasteiger partial charge >= 0.3 is 0 Å². The number of fused-ring (bicyclic) bond motifs is 3. The Labute approximate surface area is 233 Å². The number of pyridine rings is 2. The molecule has 0 aliphatic rings. The normalized spacial score (nSPS) is 11.4. The van der Waals surface area contributed by atoms with Gasteiger partial charge in [-0.25, -0.2) is 19.3 Å². The summed E-state index contributed by atoms with van der Waals surface area (Å²) in [6, 6.07) is 24.9.